The van der Waals surface area contributed by atoms with Crippen LogP contribution in [0.4, 0.5) is 5.69 Å². The highest BCUT2D eigenvalue weighted by molar-refractivity contribution is 5.54. The summed E-state index contributed by atoms with van der Waals surface area (Å²) in [4.78, 5) is 6.76. The summed E-state index contributed by atoms with van der Waals surface area (Å²) in [5.74, 6) is 1.51. The Morgan fingerprint density at radius 1 is 1.35 bits per heavy atom. The van der Waals surface area contributed by atoms with Gasteiger partial charge in [-0.05, 0) is 18.1 Å². The lowest BCUT2D eigenvalue weighted by Gasteiger charge is -2.22. The van der Waals surface area contributed by atoms with Crippen molar-refractivity contribution in [3.8, 4) is 0 Å². The van der Waals surface area contributed by atoms with E-state index in [0.717, 1.165) is 38.3 Å². The standard InChI is InChI=1S/C15H20N4O/c1-2-5-14-17-15(20-18-14)11-19-9-8-16-10-12-6-3-4-7-13(12)19/h3-4,6-7,16H,2,5,8-11H2,1H3. The molecule has 0 saturated carbocycles. The molecule has 1 aliphatic heterocycles. The Kier molecular flexibility index (Phi) is 3.97. The molecule has 106 valence electrons. The van der Waals surface area contributed by atoms with E-state index in [1.165, 1.54) is 11.3 Å². The van der Waals surface area contributed by atoms with Crippen LogP contribution in [0.3, 0.4) is 0 Å². The molecule has 0 bridgehead atoms. The summed E-state index contributed by atoms with van der Waals surface area (Å²) in [6, 6.07) is 8.48. The molecule has 0 fully saturated rings. The van der Waals surface area contributed by atoms with E-state index in [1.54, 1.807) is 0 Å². The molecule has 20 heavy (non-hydrogen) atoms. The van der Waals surface area contributed by atoms with Gasteiger partial charge in [0.2, 0.25) is 5.89 Å². The maximum atomic E-state index is 5.35. The lowest BCUT2D eigenvalue weighted by Crippen LogP contribution is -2.28. The Morgan fingerprint density at radius 2 is 2.25 bits per heavy atom. The van der Waals surface area contributed by atoms with Gasteiger partial charge in [-0.15, -0.1) is 0 Å². The number of aryl methyl sites for hydroxylation is 1. The van der Waals surface area contributed by atoms with Crippen LogP contribution in [0.5, 0.6) is 0 Å². The first-order chi connectivity index (χ1) is 9.86. The number of fused-ring (bicyclic) bond motifs is 1. The van der Waals surface area contributed by atoms with Crippen LogP contribution in [0.2, 0.25) is 0 Å². The summed E-state index contributed by atoms with van der Waals surface area (Å²) >= 11 is 0. The molecule has 1 aromatic carbocycles. The van der Waals surface area contributed by atoms with Gasteiger partial charge in [-0.2, -0.15) is 4.98 Å². The van der Waals surface area contributed by atoms with E-state index in [0.29, 0.717) is 12.4 Å². The average molecular weight is 272 g/mol. The first-order valence-electron chi connectivity index (χ1n) is 7.22. The van der Waals surface area contributed by atoms with Crippen molar-refractivity contribution in [2.75, 3.05) is 18.0 Å². The first kappa shape index (κ1) is 13.1. The van der Waals surface area contributed by atoms with E-state index in [4.69, 9.17) is 4.52 Å². The van der Waals surface area contributed by atoms with Crippen molar-refractivity contribution in [1.29, 1.82) is 0 Å². The van der Waals surface area contributed by atoms with Crippen molar-refractivity contribution in [3.05, 3.63) is 41.5 Å². The lowest BCUT2D eigenvalue weighted by atomic mass is 10.1. The maximum Gasteiger partial charge on any atom is 0.246 e. The van der Waals surface area contributed by atoms with Gasteiger partial charge in [0, 0.05) is 31.7 Å². The Hall–Kier alpha value is -1.88. The number of para-hydroxylation sites is 1. The predicted molar refractivity (Wildman–Crippen MR) is 77.5 cm³/mol. The van der Waals surface area contributed by atoms with E-state index in [9.17, 15) is 0 Å². The third-order valence-electron chi connectivity index (χ3n) is 3.52. The van der Waals surface area contributed by atoms with Crippen molar-refractivity contribution in [3.63, 3.8) is 0 Å². The van der Waals surface area contributed by atoms with Crippen LogP contribution >= 0.6 is 0 Å². The van der Waals surface area contributed by atoms with Crippen LogP contribution in [0, 0.1) is 0 Å². The molecular weight excluding hydrogens is 252 g/mol. The van der Waals surface area contributed by atoms with Crippen LogP contribution in [0.15, 0.2) is 28.8 Å². The van der Waals surface area contributed by atoms with Gasteiger partial charge in [0.1, 0.15) is 0 Å². The molecule has 1 aromatic heterocycles. The Morgan fingerprint density at radius 3 is 3.15 bits per heavy atom. The smallest absolute Gasteiger partial charge is 0.246 e. The van der Waals surface area contributed by atoms with Gasteiger partial charge in [-0.3, -0.25) is 0 Å². The lowest BCUT2D eigenvalue weighted by molar-refractivity contribution is 0.370. The van der Waals surface area contributed by atoms with Gasteiger partial charge in [-0.25, -0.2) is 0 Å². The van der Waals surface area contributed by atoms with Crippen molar-refractivity contribution >= 4 is 5.69 Å². The van der Waals surface area contributed by atoms with Gasteiger partial charge in [0.05, 0.1) is 6.54 Å². The largest absolute Gasteiger partial charge is 0.361 e. The maximum absolute atomic E-state index is 5.35. The highest BCUT2D eigenvalue weighted by atomic mass is 16.5. The highest BCUT2D eigenvalue weighted by Gasteiger charge is 2.17. The van der Waals surface area contributed by atoms with Crippen LogP contribution in [0.25, 0.3) is 0 Å². The zero-order valence-electron chi connectivity index (χ0n) is 11.8. The van der Waals surface area contributed by atoms with E-state index in [2.05, 4.69) is 51.5 Å². The van der Waals surface area contributed by atoms with Crippen molar-refractivity contribution in [2.45, 2.75) is 32.9 Å². The fourth-order valence-electron chi connectivity index (χ4n) is 2.53. The predicted octanol–water partition coefficient (Wildman–Crippen LogP) is 2.13. The molecule has 0 spiro atoms. The third-order valence-corrected chi connectivity index (χ3v) is 3.52. The van der Waals surface area contributed by atoms with Crippen LogP contribution < -0.4 is 10.2 Å². The average Bonchev–Trinajstić information content (AvgIpc) is 2.80. The molecule has 0 saturated heterocycles. The molecule has 5 heteroatoms. The Labute approximate surface area is 119 Å². The van der Waals surface area contributed by atoms with E-state index in [1.807, 2.05) is 0 Å². The Balaban J connectivity index is 1.79. The zero-order valence-corrected chi connectivity index (χ0v) is 11.8. The van der Waals surface area contributed by atoms with E-state index < -0.39 is 0 Å². The van der Waals surface area contributed by atoms with Gasteiger partial charge < -0.3 is 14.7 Å². The molecule has 3 rings (SSSR count). The molecule has 2 aromatic rings. The highest BCUT2D eigenvalue weighted by Crippen LogP contribution is 2.23. The number of nitrogens with one attached hydrogen (secondary N) is 1. The van der Waals surface area contributed by atoms with E-state index >= 15 is 0 Å². The van der Waals surface area contributed by atoms with Crippen molar-refractivity contribution in [1.82, 2.24) is 15.5 Å². The third kappa shape index (κ3) is 2.82. The molecule has 2 heterocycles. The van der Waals surface area contributed by atoms with Gasteiger partial charge in [0.25, 0.3) is 0 Å². The molecule has 5 nitrogen and oxygen atoms in total. The van der Waals surface area contributed by atoms with Gasteiger partial charge >= 0.3 is 0 Å². The fourth-order valence-corrected chi connectivity index (χ4v) is 2.53. The van der Waals surface area contributed by atoms with Crippen molar-refractivity contribution < 1.29 is 4.52 Å². The second kappa shape index (κ2) is 6.05. The fraction of sp³-hybridized carbons (Fsp3) is 0.467. The minimum atomic E-state index is 0.676. The quantitative estimate of drug-likeness (QED) is 0.924. The van der Waals surface area contributed by atoms with Crippen molar-refractivity contribution in [2.24, 2.45) is 0 Å². The molecule has 0 aliphatic carbocycles. The first-order valence-corrected chi connectivity index (χ1v) is 7.22. The zero-order chi connectivity index (χ0) is 13.8. The molecule has 0 radical (unpaired) electrons. The molecule has 1 N–H and O–H groups in total. The monoisotopic (exact) mass is 272 g/mol. The summed E-state index contributed by atoms with van der Waals surface area (Å²) < 4.78 is 5.35. The summed E-state index contributed by atoms with van der Waals surface area (Å²) in [5.41, 5.74) is 2.58. The van der Waals surface area contributed by atoms with E-state index in [-0.39, 0.29) is 0 Å². The number of anilines is 1. The summed E-state index contributed by atoms with van der Waals surface area (Å²) in [5, 5.41) is 7.46. The molecule has 1 aliphatic rings. The van der Waals surface area contributed by atoms with Gasteiger partial charge in [-0.1, -0.05) is 30.3 Å². The number of aromatic nitrogens is 2. The molecule has 0 unspecified atom stereocenters. The minimum absolute atomic E-state index is 0.676. The second-order valence-electron chi connectivity index (χ2n) is 5.08. The minimum Gasteiger partial charge on any atom is -0.361 e. The molecule has 0 amide bonds. The summed E-state index contributed by atoms with van der Waals surface area (Å²) in [7, 11) is 0. The number of hydrogen-bond acceptors (Lipinski definition) is 5. The number of rotatable bonds is 4. The molecule has 0 atom stereocenters. The molecular formula is C15H20N4O. The second-order valence-corrected chi connectivity index (χ2v) is 5.08. The van der Waals surface area contributed by atoms with Crippen LogP contribution in [-0.2, 0) is 19.5 Å². The van der Waals surface area contributed by atoms with Gasteiger partial charge in [0.15, 0.2) is 5.82 Å². The number of nitrogens with zero attached hydrogens (tertiary/aromatic N) is 3. The SMILES string of the molecule is CCCc1noc(CN2CCNCc3ccccc32)n1. The van der Waals surface area contributed by atoms with Crippen LogP contribution in [0.1, 0.15) is 30.6 Å². The number of hydrogen-bond donors (Lipinski definition) is 1. The Bertz CT molecular complexity index is 567. The topological polar surface area (TPSA) is 54.2 Å². The van der Waals surface area contributed by atoms with Crippen LogP contribution in [-0.4, -0.2) is 23.2 Å². The summed E-state index contributed by atoms with van der Waals surface area (Å²) in [6.45, 7) is 5.62. The number of benzene rings is 1. The summed E-state index contributed by atoms with van der Waals surface area (Å²) in [6.07, 6.45) is 1.91. The normalized spacial score (nSPS) is 14.9.